The molecule has 24 heavy (non-hydrogen) atoms. The highest BCUT2D eigenvalue weighted by molar-refractivity contribution is 5.82. The average Bonchev–Trinajstić information content (AvgIpc) is 2.54. The molecule has 0 aliphatic rings. The molecule has 0 aromatic heterocycles. The Kier molecular flexibility index (Phi) is 7.71. The van der Waals surface area contributed by atoms with E-state index in [0.717, 1.165) is 12.8 Å². The predicted molar refractivity (Wildman–Crippen MR) is 91.1 cm³/mol. The third-order valence-corrected chi connectivity index (χ3v) is 3.85. The van der Waals surface area contributed by atoms with Gasteiger partial charge in [0.1, 0.15) is 11.9 Å². The Morgan fingerprint density at radius 1 is 1.38 bits per heavy atom. The molecule has 2 atom stereocenters. The second-order valence-corrected chi connectivity index (χ2v) is 5.99. The lowest BCUT2D eigenvalue weighted by molar-refractivity contribution is -0.140. The van der Waals surface area contributed by atoms with Gasteiger partial charge in [0, 0.05) is 6.61 Å². The molecule has 0 aliphatic carbocycles. The lowest BCUT2D eigenvalue weighted by atomic mass is 9.88. The predicted octanol–water partition coefficient (Wildman–Crippen LogP) is 2.71. The van der Waals surface area contributed by atoms with Gasteiger partial charge in [-0.1, -0.05) is 25.5 Å². The Morgan fingerprint density at radius 2 is 2.08 bits per heavy atom. The number of ether oxygens (including phenoxy) is 2. The van der Waals surface area contributed by atoms with Gasteiger partial charge in [-0.25, -0.2) is 0 Å². The fraction of sp³-hybridized carbons (Fsp3) is 0.556. The molecular formula is C18H27NO5. The van der Waals surface area contributed by atoms with Crippen LogP contribution in [0.5, 0.6) is 5.75 Å². The first-order valence-electron chi connectivity index (χ1n) is 8.12. The maximum absolute atomic E-state index is 12.4. The van der Waals surface area contributed by atoms with Crippen molar-refractivity contribution in [2.24, 2.45) is 0 Å². The van der Waals surface area contributed by atoms with Gasteiger partial charge in [-0.05, 0) is 38.0 Å². The number of carbonyl (C=O) groups excluding carboxylic acids is 1. The summed E-state index contributed by atoms with van der Waals surface area (Å²) in [6.45, 7) is 5.89. The maximum atomic E-state index is 12.4. The van der Waals surface area contributed by atoms with Gasteiger partial charge < -0.3 is 19.9 Å². The summed E-state index contributed by atoms with van der Waals surface area (Å²) in [5, 5.41) is 12.1. The van der Waals surface area contributed by atoms with Crippen molar-refractivity contribution in [3.8, 4) is 5.75 Å². The molecule has 6 nitrogen and oxygen atoms in total. The molecule has 0 bridgehead atoms. The van der Waals surface area contributed by atoms with E-state index in [0.29, 0.717) is 17.9 Å². The van der Waals surface area contributed by atoms with Crippen LogP contribution in [0.25, 0.3) is 0 Å². The van der Waals surface area contributed by atoms with E-state index in [1.54, 1.807) is 38.1 Å². The molecular weight excluding hydrogens is 310 g/mol. The van der Waals surface area contributed by atoms with Crippen molar-refractivity contribution in [3.05, 3.63) is 29.8 Å². The Morgan fingerprint density at radius 3 is 2.67 bits per heavy atom. The summed E-state index contributed by atoms with van der Waals surface area (Å²) in [5.41, 5.74) is -0.391. The molecule has 1 aromatic carbocycles. The van der Waals surface area contributed by atoms with Crippen LogP contribution in [0.4, 0.5) is 0 Å². The average molecular weight is 337 g/mol. The minimum Gasteiger partial charge on any atom is -0.497 e. The minimum atomic E-state index is -1.06. The van der Waals surface area contributed by atoms with Crippen molar-refractivity contribution in [1.82, 2.24) is 5.32 Å². The number of nitrogens with one attached hydrogen (secondary N) is 1. The SMILES string of the molecule is CCCCOC(C)C(=O)NC(C)(CC(=O)O)c1cccc(OC)c1. The van der Waals surface area contributed by atoms with E-state index < -0.39 is 17.6 Å². The van der Waals surface area contributed by atoms with Crippen LogP contribution in [-0.4, -0.2) is 36.8 Å². The maximum Gasteiger partial charge on any atom is 0.306 e. The highest BCUT2D eigenvalue weighted by Crippen LogP contribution is 2.28. The molecule has 1 amide bonds. The van der Waals surface area contributed by atoms with Crippen LogP contribution in [0.15, 0.2) is 24.3 Å². The normalized spacial score (nSPS) is 14.5. The fourth-order valence-electron chi connectivity index (χ4n) is 2.34. The van der Waals surface area contributed by atoms with E-state index in [2.05, 4.69) is 5.32 Å². The van der Waals surface area contributed by atoms with Gasteiger partial charge in [0.15, 0.2) is 0 Å². The van der Waals surface area contributed by atoms with Crippen molar-refractivity contribution in [2.75, 3.05) is 13.7 Å². The van der Waals surface area contributed by atoms with Gasteiger partial charge in [0.2, 0.25) is 5.91 Å². The number of aliphatic carboxylic acids is 1. The molecule has 2 unspecified atom stereocenters. The molecule has 0 fully saturated rings. The van der Waals surface area contributed by atoms with E-state index in [9.17, 15) is 14.7 Å². The Balaban J connectivity index is 2.94. The van der Waals surface area contributed by atoms with Crippen LogP contribution in [-0.2, 0) is 19.9 Å². The molecule has 0 saturated carbocycles. The highest BCUT2D eigenvalue weighted by Gasteiger charge is 2.33. The first-order valence-corrected chi connectivity index (χ1v) is 8.12. The summed E-state index contributed by atoms with van der Waals surface area (Å²) in [7, 11) is 1.54. The number of unbranched alkanes of at least 4 members (excludes halogenated alkanes) is 1. The van der Waals surface area contributed by atoms with E-state index in [1.807, 2.05) is 6.92 Å². The molecule has 0 radical (unpaired) electrons. The smallest absolute Gasteiger partial charge is 0.306 e. The summed E-state index contributed by atoms with van der Waals surface area (Å²) in [4.78, 5) is 23.7. The summed E-state index contributed by atoms with van der Waals surface area (Å²) in [5.74, 6) is -0.733. The van der Waals surface area contributed by atoms with Gasteiger partial charge in [-0.15, -0.1) is 0 Å². The molecule has 0 saturated heterocycles. The van der Waals surface area contributed by atoms with Crippen molar-refractivity contribution in [3.63, 3.8) is 0 Å². The number of carboxylic acid groups (broad SMARTS) is 1. The number of hydrogen-bond acceptors (Lipinski definition) is 4. The van der Waals surface area contributed by atoms with Crippen molar-refractivity contribution in [2.45, 2.75) is 51.7 Å². The first-order chi connectivity index (χ1) is 11.3. The second-order valence-electron chi connectivity index (χ2n) is 5.99. The van der Waals surface area contributed by atoms with Gasteiger partial charge in [-0.2, -0.15) is 0 Å². The standard InChI is InChI=1S/C18H27NO5/c1-5-6-10-24-13(2)17(22)19-18(3,12-16(20)21)14-8-7-9-15(11-14)23-4/h7-9,11,13H,5-6,10,12H2,1-4H3,(H,19,22)(H,20,21). The number of methoxy groups -OCH3 is 1. The lowest BCUT2D eigenvalue weighted by Crippen LogP contribution is -2.48. The van der Waals surface area contributed by atoms with Gasteiger partial charge in [0.25, 0.3) is 0 Å². The molecule has 0 spiro atoms. The summed E-state index contributed by atoms with van der Waals surface area (Å²) in [6, 6.07) is 7.03. The van der Waals surface area contributed by atoms with E-state index in [-0.39, 0.29) is 12.3 Å². The number of carboxylic acids is 1. The monoisotopic (exact) mass is 337 g/mol. The summed E-state index contributed by atoms with van der Waals surface area (Å²) in [6.07, 6.45) is 0.970. The molecule has 0 aliphatic heterocycles. The quantitative estimate of drug-likeness (QED) is 0.641. The van der Waals surface area contributed by atoms with Crippen LogP contribution in [0.1, 0.15) is 45.6 Å². The first kappa shape index (κ1) is 20.0. The van der Waals surface area contributed by atoms with Gasteiger partial charge >= 0.3 is 5.97 Å². The van der Waals surface area contributed by atoms with Crippen LogP contribution in [0.2, 0.25) is 0 Å². The number of rotatable bonds is 10. The van der Waals surface area contributed by atoms with Crippen LogP contribution in [0, 0.1) is 0 Å². The van der Waals surface area contributed by atoms with Crippen molar-refractivity contribution >= 4 is 11.9 Å². The number of hydrogen-bond donors (Lipinski definition) is 2. The van der Waals surface area contributed by atoms with Crippen LogP contribution < -0.4 is 10.1 Å². The van der Waals surface area contributed by atoms with Crippen molar-refractivity contribution in [1.29, 1.82) is 0 Å². The fourth-order valence-corrected chi connectivity index (χ4v) is 2.34. The zero-order chi connectivity index (χ0) is 18.2. The largest absolute Gasteiger partial charge is 0.497 e. The van der Waals surface area contributed by atoms with E-state index >= 15 is 0 Å². The van der Waals surface area contributed by atoms with E-state index in [4.69, 9.17) is 9.47 Å². The zero-order valence-electron chi connectivity index (χ0n) is 14.8. The Hall–Kier alpha value is -2.08. The van der Waals surface area contributed by atoms with Gasteiger partial charge in [-0.3, -0.25) is 9.59 Å². The lowest BCUT2D eigenvalue weighted by Gasteiger charge is -2.31. The third kappa shape index (κ3) is 5.85. The molecule has 0 heterocycles. The molecule has 2 N–H and O–H groups in total. The molecule has 1 aromatic rings. The molecule has 1 rings (SSSR count). The van der Waals surface area contributed by atoms with Crippen LogP contribution in [0.3, 0.4) is 0 Å². The summed E-state index contributed by atoms with van der Waals surface area (Å²) >= 11 is 0. The Bertz CT molecular complexity index is 560. The number of benzene rings is 1. The highest BCUT2D eigenvalue weighted by atomic mass is 16.5. The van der Waals surface area contributed by atoms with Crippen LogP contribution >= 0.6 is 0 Å². The second kappa shape index (κ2) is 9.27. The van der Waals surface area contributed by atoms with Gasteiger partial charge in [0.05, 0.1) is 19.1 Å². The zero-order valence-corrected chi connectivity index (χ0v) is 14.8. The topological polar surface area (TPSA) is 84.9 Å². The Labute approximate surface area is 143 Å². The third-order valence-electron chi connectivity index (χ3n) is 3.85. The van der Waals surface area contributed by atoms with E-state index in [1.165, 1.54) is 7.11 Å². The summed E-state index contributed by atoms with van der Waals surface area (Å²) < 4.78 is 10.7. The number of amides is 1. The minimum absolute atomic E-state index is 0.242. The molecule has 134 valence electrons. The molecule has 6 heteroatoms. The van der Waals surface area contributed by atoms with Crippen molar-refractivity contribution < 1.29 is 24.2 Å². The number of carbonyl (C=O) groups is 2.